The van der Waals surface area contributed by atoms with Crippen molar-refractivity contribution in [3.8, 4) is 0 Å². The highest BCUT2D eigenvalue weighted by Crippen LogP contribution is 2.28. The van der Waals surface area contributed by atoms with Crippen LogP contribution in [0.4, 0.5) is 5.82 Å². The summed E-state index contributed by atoms with van der Waals surface area (Å²) < 4.78 is 0. The van der Waals surface area contributed by atoms with Gasteiger partial charge in [0.25, 0.3) is 0 Å². The lowest BCUT2D eigenvalue weighted by Crippen LogP contribution is -2.44. The number of carbonyl (C=O) groups is 1. The van der Waals surface area contributed by atoms with E-state index >= 15 is 0 Å². The van der Waals surface area contributed by atoms with Gasteiger partial charge in [0, 0.05) is 44.1 Å². The van der Waals surface area contributed by atoms with Crippen LogP contribution in [-0.2, 0) is 5.60 Å². The van der Waals surface area contributed by atoms with Gasteiger partial charge in [0.2, 0.25) is 0 Å². The molecule has 2 aromatic rings. The number of carbonyl (C=O) groups excluding carboxylic acids is 1. The van der Waals surface area contributed by atoms with E-state index in [0.717, 1.165) is 26.2 Å². The Balaban J connectivity index is 2.10. The molecule has 3 rings (SSSR count). The van der Waals surface area contributed by atoms with E-state index in [1.54, 1.807) is 44.4 Å². The summed E-state index contributed by atoms with van der Waals surface area (Å²) in [7, 11) is 0. The van der Waals surface area contributed by atoms with Gasteiger partial charge in [0.15, 0.2) is 5.78 Å². The van der Waals surface area contributed by atoms with E-state index in [9.17, 15) is 9.90 Å². The molecule has 0 amide bonds. The van der Waals surface area contributed by atoms with Crippen molar-refractivity contribution in [3.63, 3.8) is 0 Å². The van der Waals surface area contributed by atoms with Crippen LogP contribution in [0.25, 0.3) is 0 Å². The average Bonchev–Trinajstić information content (AvgIpc) is 2.61. The number of aromatic nitrogens is 2. The summed E-state index contributed by atoms with van der Waals surface area (Å²) in [5.41, 5.74) is 0.240. The van der Waals surface area contributed by atoms with Crippen LogP contribution in [0.2, 0.25) is 5.15 Å². The molecular formula is C18H21ClN4O2. The fourth-order valence-electron chi connectivity index (χ4n) is 2.79. The summed E-state index contributed by atoms with van der Waals surface area (Å²) in [4.78, 5) is 23.7. The van der Waals surface area contributed by atoms with Gasteiger partial charge in [-0.05, 0) is 32.0 Å². The van der Waals surface area contributed by atoms with E-state index in [2.05, 4.69) is 20.2 Å². The van der Waals surface area contributed by atoms with Crippen LogP contribution >= 0.6 is 11.6 Å². The number of rotatable bonds is 4. The largest absolute Gasteiger partial charge is 0.386 e. The monoisotopic (exact) mass is 360 g/mol. The van der Waals surface area contributed by atoms with Crippen LogP contribution in [0.5, 0.6) is 0 Å². The zero-order valence-electron chi connectivity index (χ0n) is 14.3. The van der Waals surface area contributed by atoms with Gasteiger partial charge in [-0.25, -0.2) is 9.97 Å². The maximum absolute atomic E-state index is 13.1. The summed E-state index contributed by atoms with van der Waals surface area (Å²) in [6.07, 6.45) is 3.17. The van der Waals surface area contributed by atoms with Crippen molar-refractivity contribution in [2.45, 2.75) is 19.4 Å². The molecule has 1 fully saturated rings. The number of pyridine rings is 2. The number of piperazine rings is 1. The molecule has 0 spiro atoms. The third-order valence-electron chi connectivity index (χ3n) is 4.24. The van der Waals surface area contributed by atoms with Gasteiger partial charge in [-0.2, -0.15) is 0 Å². The lowest BCUT2D eigenvalue weighted by Gasteiger charge is -2.30. The Labute approximate surface area is 151 Å². The van der Waals surface area contributed by atoms with Gasteiger partial charge in [-0.1, -0.05) is 11.6 Å². The minimum absolute atomic E-state index is 0.160. The molecule has 2 aromatic heterocycles. The van der Waals surface area contributed by atoms with Crippen LogP contribution in [0.15, 0.2) is 30.6 Å². The molecule has 0 aromatic carbocycles. The third-order valence-corrected chi connectivity index (χ3v) is 4.54. The van der Waals surface area contributed by atoms with Crippen molar-refractivity contribution in [3.05, 3.63) is 52.4 Å². The fourth-order valence-corrected chi connectivity index (χ4v) is 2.99. The highest BCUT2D eigenvalue weighted by atomic mass is 35.5. The van der Waals surface area contributed by atoms with Gasteiger partial charge in [0.05, 0.1) is 16.7 Å². The lowest BCUT2D eigenvalue weighted by atomic mass is 9.95. The number of anilines is 1. The Morgan fingerprint density at radius 2 is 2.00 bits per heavy atom. The molecule has 0 bridgehead atoms. The number of halogens is 1. The van der Waals surface area contributed by atoms with Crippen molar-refractivity contribution in [2.75, 3.05) is 31.1 Å². The van der Waals surface area contributed by atoms with Gasteiger partial charge in [-0.15, -0.1) is 0 Å². The topological polar surface area (TPSA) is 78.4 Å². The Hall–Kier alpha value is -2.02. The average molecular weight is 361 g/mol. The maximum Gasteiger partial charge on any atom is 0.199 e. The lowest BCUT2D eigenvalue weighted by molar-refractivity contribution is 0.0781. The Bertz CT molecular complexity index is 783. The molecule has 25 heavy (non-hydrogen) atoms. The molecule has 1 aliphatic rings. The number of aliphatic hydroxyl groups is 1. The van der Waals surface area contributed by atoms with Gasteiger partial charge < -0.3 is 15.3 Å². The zero-order valence-corrected chi connectivity index (χ0v) is 15.0. The second-order valence-electron chi connectivity index (χ2n) is 6.56. The van der Waals surface area contributed by atoms with E-state index in [1.165, 1.54) is 0 Å². The quantitative estimate of drug-likeness (QED) is 0.641. The van der Waals surface area contributed by atoms with Gasteiger partial charge in [-0.3, -0.25) is 4.79 Å². The number of nitrogens with zero attached hydrogens (tertiary/aromatic N) is 3. The normalized spacial score (nSPS) is 15.3. The fraction of sp³-hybridized carbons (Fsp3) is 0.389. The van der Waals surface area contributed by atoms with Crippen molar-refractivity contribution >= 4 is 23.2 Å². The molecule has 0 radical (unpaired) electrons. The number of hydrogen-bond donors (Lipinski definition) is 2. The molecule has 1 saturated heterocycles. The molecule has 0 aliphatic carbocycles. The Morgan fingerprint density at radius 3 is 2.64 bits per heavy atom. The van der Waals surface area contributed by atoms with Crippen molar-refractivity contribution in [1.82, 2.24) is 15.3 Å². The number of hydrogen-bond acceptors (Lipinski definition) is 6. The number of nitrogens with one attached hydrogen (secondary N) is 1. The van der Waals surface area contributed by atoms with E-state index in [1.807, 2.05) is 0 Å². The van der Waals surface area contributed by atoms with Crippen molar-refractivity contribution < 1.29 is 9.90 Å². The molecular weight excluding hydrogens is 340 g/mol. The highest BCUT2D eigenvalue weighted by molar-refractivity contribution is 6.34. The predicted octanol–water partition coefficient (Wildman–Crippen LogP) is 2.00. The first-order chi connectivity index (χ1) is 11.9. The summed E-state index contributed by atoms with van der Waals surface area (Å²) >= 11 is 6.11. The molecule has 7 heteroatoms. The molecule has 0 saturated carbocycles. The SMILES string of the molecule is CC(C)(O)c1cnc(N2CCNCC2)c(C(=O)c2cccnc2Cl)c1. The van der Waals surface area contributed by atoms with Crippen molar-refractivity contribution in [2.24, 2.45) is 0 Å². The summed E-state index contributed by atoms with van der Waals surface area (Å²) in [6.45, 7) is 6.51. The van der Waals surface area contributed by atoms with Gasteiger partial charge in [0.1, 0.15) is 11.0 Å². The van der Waals surface area contributed by atoms with E-state index < -0.39 is 5.60 Å². The molecule has 3 heterocycles. The summed E-state index contributed by atoms with van der Waals surface area (Å²) in [6, 6.07) is 5.03. The first-order valence-corrected chi connectivity index (χ1v) is 8.59. The van der Waals surface area contributed by atoms with Crippen molar-refractivity contribution in [1.29, 1.82) is 0 Å². The van der Waals surface area contributed by atoms with Crippen LogP contribution in [0.3, 0.4) is 0 Å². The van der Waals surface area contributed by atoms with Gasteiger partial charge >= 0.3 is 0 Å². The minimum Gasteiger partial charge on any atom is -0.386 e. The molecule has 0 atom stereocenters. The zero-order chi connectivity index (χ0) is 18.0. The predicted molar refractivity (Wildman–Crippen MR) is 97.2 cm³/mol. The summed E-state index contributed by atoms with van der Waals surface area (Å²) in [5, 5.41) is 13.8. The second kappa shape index (κ2) is 7.07. The second-order valence-corrected chi connectivity index (χ2v) is 6.92. The van der Waals surface area contributed by atoms with Crippen LogP contribution in [0, 0.1) is 0 Å². The maximum atomic E-state index is 13.1. The first kappa shape index (κ1) is 17.8. The molecule has 6 nitrogen and oxygen atoms in total. The van der Waals surface area contributed by atoms with E-state index in [4.69, 9.17) is 11.6 Å². The first-order valence-electron chi connectivity index (χ1n) is 8.21. The molecule has 132 valence electrons. The van der Waals surface area contributed by atoms with Crippen LogP contribution < -0.4 is 10.2 Å². The minimum atomic E-state index is -1.09. The Kier molecular flexibility index (Phi) is 5.03. The van der Waals surface area contributed by atoms with Crippen LogP contribution in [-0.4, -0.2) is 47.0 Å². The van der Waals surface area contributed by atoms with Crippen LogP contribution in [0.1, 0.15) is 35.3 Å². The van der Waals surface area contributed by atoms with E-state index in [0.29, 0.717) is 22.5 Å². The van der Waals surface area contributed by atoms with E-state index in [-0.39, 0.29) is 10.9 Å². The molecule has 0 unspecified atom stereocenters. The highest BCUT2D eigenvalue weighted by Gasteiger charge is 2.26. The third kappa shape index (κ3) is 3.81. The molecule has 2 N–H and O–H groups in total. The molecule has 1 aliphatic heterocycles. The standard InChI is InChI=1S/C18H21ClN4O2/c1-18(2,25)12-10-14(15(24)13-4-3-5-21-16(13)19)17(22-11-12)23-8-6-20-7-9-23/h3-5,10-11,20,25H,6-9H2,1-2H3. The summed E-state index contributed by atoms with van der Waals surface area (Å²) in [5.74, 6) is 0.365. The number of ketones is 1. The smallest absolute Gasteiger partial charge is 0.199 e. The Morgan fingerprint density at radius 1 is 1.28 bits per heavy atom.